The predicted molar refractivity (Wildman–Crippen MR) is 252 cm³/mol. The summed E-state index contributed by atoms with van der Waals surface area (Å²) < 4.78 is 7.29. The van der Waals surface area contributed by atoms with Gasteiger partial charge in [-0.05, 0) is 111 Å². The van der Waals surface area contributed by atoms with Gasteiger partial charge in [0, 0.05) is 16.3 Å². The van der Waals surface area contributed by atoms with Crippen molar-refractivity contribution in [2.24, 2.45) is 0 Å². The van der Waals surface area contributed by atoms with E-state index in [1.54, 1.807) is 0 Å². The highest BCUT2D eigenvalue weighted by molar-refractivity contribution is 6.28. The minimum atomic E-state index is -0.629. The second-order valence-electron chi connectivity index (χ2n) is 16.2. The molecule has 0 atom stereocenters. The molecular formula is C59H36O. The Hall–Kier alpha value is -7.74. The third-order valence-corrected chi connectivity index (χ3v) is 13.3. The number of benzene rings is 11. The lowest BCUT2D eigenvalue weighted by Crippen LogP contribution is -2.28. The number of para-hydroxylation sites is 1. The molecule has 0 bridgehead atoms. The van der Waals surface area contributed by atoms with Crippen molar-refractivity contribution in [1.82, 2.24) is 0 Å². The van der Waals surface area contributed by atoms with Gasteiger partial charge < -0.3 is 4.42 Å². The summed E-state index contributed by atoms with van der Waals surface area (Å²) in [5.74, 6) is 0. The monoisotopic (exact) mass is 760 g/mol. The minimum absolute atomic E-state index is 0.629. The van der Waals surface area contributed by atoms with E-state index in [1.807, 2.05) is 0 Å². The van der Waals surface area contributed by atoms with Crippen molar-refractivity contribution in [3.8, 4) is 33.4 Å². The Morgan fingerprint density at radius 1 is 0.317 bits per heavy atom. The van der Waals surface area contributed by atoms with Crippen molar-refractivity contribution < 1.29 is 4.42 Å². The predicted octanol–water partition coefficient (Wildman–Crippen LogP) is 15.9. The van der Waals surface area contributed by atoms with Crippen LogP contribution in [0.15, 0.2) is 223 Å². The molecule has 1 aliphatic carbocycles. The normalized spacial score (nSPS) is 13.1. The van der Waals surface area contributed by atoms with E-state index in [2.05, 4.69) is 218 Å². The van der Waals surface area contributed by atoms with Gasteiger partial charge in [0.05, 0.1) is 5.41 Å². The fourth-order valence-corrected chi connectivity index (χ4v) is 10.9. The third kappa shape index (κ3) is 4.47. The molecule has 11 aromatic carbocycles. The van der Waals surface area contributed by atoms with Crippen molar-refractivity contribution in [2.75, 3.05) is 0 Å². The molecule has 0 aliphatic heterocycles. The topological polar surface area (TPSA) is 13.1 Å². The molecule has 0 N–H and O–H groups in total. The van der Waals surface area contributed by atoms with Crippen LogP contribution in [0.2, 0.25) is 0 Å². The molecule has 278 valence electrons. The van der Waals surface area contributed by atoms with E-state index in [0.717, 1.165) is 21.9 Å². The van der Waals surface area contributed by atoms with Gasteiger partial charge in [-0.25, -0.2) is 0 Å². The van der Waals surface area contributed by atoms with Crippen LogP contribution < -0.4 is 0 Å². The lowest BCUT2D eigenvalue weighted by Gasteiger charge is -2.34. The Kier molecular flexibility index (Phi) is 7.00. The van der Waals surface area contributed by atoms with E-state index < -0.39 is 5.41 Å². The van der Waals surface area contributed by atoms with E-state index in [1.165, 1.54) is 98.7 Å². The molecule has 0 unspecified atom stereocenters. The molecule has 0 saturated carbocycles. The first-order valence-corrected chi connectivity index (χ1v) is 20.8. The summed E-state index contributed by atoms with van der Waals surface area (Å²) >= 11 is 0. The average Bonchev–Trinajstić information content (AvgIpc) is 3.86. The van der Waals surface area contributed by atoms with Crippen LogP contribution in [0.25, 0.3) is 98.4 Å². The zero-order chi connectivity index (χ0) is 39.4. The third-order valence-electron chi connectivity index (χ3n) is 13.3. The van der Waals surface area contributed by atoms with Crippen LogP contribution in [-0.4, -0.2) is 0 Å². The highest BCUT2D eigenvalue weighted by Crippen LogP contribution is 2.62. The SMILES string of the molecule is c1ccc(C2(c3ccccc3)c3ccc4ccccc4c3-c3c2cc(-c2c4ccccc4c(-c4ccc5ccccc5c4)c4ccccc24)c2c3oc3ccccc32)cc1. The molecule has 0 saturated heterocycles. The van der Waals surface area contributed by atoms with E-state index in [-0.39, 0.29) is 0 Å². The van der Waals surface area contributed by atoms with Gasteiger partial charge in [-0.2, -0.15) is 0 Å². The summed E-state index contributed by atoms with van der Waals surface area (Å²) in [6.07, 6.45) is 0. The van der Waals surface area contributed by atoms with Gasteiger partial charge in [0.2, 0.25) is 0 Å². The second kappa shape index (κ2) is 12.6. The van der Waals surface area contributed by atoms with Crippen LogP contribution in [0.4, 0.5) is 0 Å². The van der Waals surface area contributed by atoms with E-state index in [0.29, 0.717) is 0 Å². The molecule has 0 fully saturated rings. The highest BCUT2D eigenvalue weighted by atomic mass is 16.3. The Morgan fingerprint density at radius 2 is 0.833 bits per heavy atom. The van der Waals surface area contributed by atoms with Crippen LogP contribution in [0.5, 0.6) is 0 Å². The number of hydrogen-bond acceptors (Lipinski definition) is 1. The molecule has 1 aliphatic rings. The van der Waals surface area contributed by atoms with Crippen molar-refractivity contribution in [1.29, 1.82) is 0 Å². The molecule has 60 heavy (non-hydrogen) atoms. The van der Waals surface area contributed by atoms with Crippen molar-refractivity contribution in [2.45, 2.75) is 5.41 Å². The first kappa shape index (κ1) is 33.3. The average molecular weight is 761 g/mol. The van der Waals surface area contributed by atoms with Crippen LogP contribution in [0.1, 0.15) is 22.3 Å². The first-order valence-electron chi connectivity index (χ1n) is 20.8. The van der Waals surface area contributed by atoms with Gasteiger partial charge in [-0.15, -0.1) is 0 Å². The Balaban J connectivity index is 1.25. The fourth-order valence-electron chi connectivity index (χ4n) is 10.9. The standard InChI is InChI=1S/C59H36O/c1-3-20-41(21-4-1)59(42-22-5-2-6-23-42)50-34-33-38-18-9-10-24-43(38)56(50)57-51(59)36-49(55-48-29-15-16-30-52(48)60-58(55)57)54-46-27-13-11-25-44(46)53(45-26-12-14-28-47(45)54)40-32-31-37-17-7-8-19-39(37)35-40/h1-36H. The molecule has 1 heterocycles. The molecular weight excluding hydrogens is 725 g/mol. The summed E-state index contributed by atoms with van der Waals surface area (Å²) in [6, 6.07) is 80.6. The van der Waals surface area contributed by atoms with Crippen molar-refractivity contribution >= 4 is 65.0 Å². The number of furan rings is 1. The largest absolute Gasteiger partial charge is 0.455 e. The van der Waals surface area contributed by atoms with Gasteiger partial charge in [0.25, 0.3) is 0 Å². The Labute approximate surface area is 347 Å². The fraction of sp³-hybridized carbons (Fsp3) is 0.0169. The minimum Gasteiger partial charge on any atom is -0.455 e. The smallest absolute Gasteiger partial charge is 0.144 e. The summed E-state index contributed by atoms with van der Waals surface area (Å²) in [5, 5.41) is 12.1. The molecule has 0 amide bonds. The van der Waals surface area contributed by atoms with Gasteiger partial charge in [0.1, 0.15) is 11.2 Å². The van der Waals surface area contributed by atoms with E-state index in [9.17, 15) is 0 Å². The summed E-state index contributed by atoms with van der Waals surface area (Å²) in [4.78, 5) is 0. The maximum absolute atomic E-state index is 7.29. The zero-order valence-corrected chi connectivity index (χ0v) is 32.7. The van der Waals surface area contributed by atoms with E-state index in [4.69, 9.17) is 4.42 Å². The number of rotatable bonds is 4. The summed E-state index contributed by atoms with van der Waals surface area (Å²) in [7, 11) is 0. The lowest BCUT2D eigenvalue weighted by molar-refractivity contribution is 0.669. The van der Waals surface area contributed by atoms with Gasteiger partial charge in [0.15, 0.2) is 0 Å². The summed E-state index contributed by atoms with van der Waals surface area (Å²) in [6.45, 7) is 0. The van der Waals surface area contributed by atoms with E-state index >= 15 is 0 Å². The van der Waals surface area contributed by atoms with Crippen LogP contribution in [-0.2, 0) is 5.41 Å². The molecule has 1 nitrogen and oxygen atoms in total. The van der Waals surface area contributed by atoms with Gasteiger partial charge in [-0.3, -0.25) is 0 Å². The van der Waals surface area contributed by atoms with Crippen molar-refractivity contribution in [3.05, 3.63) is 241 Å². The van der Waals surface area contributed by atoms with Gasteiger partial charge in [-0.1, -0.05) is 200 Å². The number of hydrogen-bond donors (Lipinski definition) is 0. The number of fused-ring (bicyclic) bond motifs is 12. The van der Waals surface area contributed by atoms with Gasteiger partial charge >= 0.3 is 0 Å². The first-order chi connectivity index (χ1) is 29.8. The molecule has 12 aromatic rings. The second-order valence-corrected chi connectivity index (χ2v) is 16.2. The maximum Gasteiger partial charge on any atom is 0.144 e. The Bertz CT molecular complexity index is 3610. The molecule has 0 spiro atoms. The molecule has 0 radical (unpaired) electrons. The Morgan fingerprint density at radius 3 is 1.50 bits per heavy atom. The maximum atomic E-state index is 7.29. The quantitative estimate of drug-likeness (QED) is 0.163. The molecule has 1 aromatic heterocycles. The van der Waals surface area contributed by atoms with Crippen LogP contribution in [0, 0.1) is 0 Å². The van der Waals surface area contributed by atoms with Crippen LogP contribution in [0.3, 0.4) is 0 Å². The highest BCUT2D eigenvalue weighted by Gasteiger charge is 2.48. The molecule has 1 heteroatoms. The lowest BCUT2D eigenvalue weighted by atomic mass is 9.67. The zero-order valence-electron chi connectivity index (χ0n) is 32.7. The summed E-state index contributed by atoms with van der Waals surface area (Å²) in [5.41, 5.74) is 13.5. The van der Waals surface area contributed by atoms with Crippen molar-refractivity contribution in [3.63, 3.8) is 0 Å². The van der Waals surface area contributed by atoms with Crippen LogP contribution >= 0.6 is 0 Å². The molecule has 13 rings (SSSR count).